The van der Waals surface area contributed by atoms with Gasteiger partial charge in [0.05, 0.1) is 0 Å². The van der Waals surface area contributed by atoms with Crippen molar-refractivity contribution in [1.29, 1.82) is 0 Å². The summed E-state index contributed by atoms with van der Waals surface area (Å²) in [5.74, 6) is -1.44. The highest BCUT2D eigenvalue weighted by Crippen LogP contribution is 2.19. The van der Waals surface area contributed by atoms with E-state index in [4.69, 9.17) is 0 Å². The number of nitrogens with zero attached hydrogens (tertiary/aromatic N) is 2. The normalized spacial score (nSPS) is 15.7. The number of H-pyrrole nitrogens is 1. The molecule has 2 rings (SSSR count). The van der Waals surface area contributed by atoms with Gasteiger partial charge in [-0.2, -0.15) is 13.2 Å². The highest BCUT2D eigenvalue weighted by atomic mass is 19.4. The second kappa shape index (κ2) is 8.19. The van der Waals surface area contributed by atoms with Crippen LogP contribution in [0.5, 0.6) is 0 Å². The number of piperidine rings is 1. The Morgan fingerprint density at radius 1 is 1.23 bits per heavy atom. The third kappa shape index (κ3) is 5.74. The number of nitrogens with one attached hydrogen (secondary N) is 2. The molecule has 2 N–H and O–H groups in total. The van der Waals surface area contributed by atoms with Crippen LogP contribution in [0.15, 0.2) is 21.9 Å². The molecule has 0 atom stereocenters. The zero-order valence-electron chi connectivity index (χ0n) is 13.8. The second-order valence-corrected chi connectivity index (χ2v) is 6.04. The van der Waals surface area contributed by atoms with E-state index in [-0.39, 0.29) is 44.8 Å². The van der Waals surface area contributed by atoms with Crippen molar-refractivity contribution in [3.05, 3.63) is 33.1 Å². The van der Waals surface area contributed by atoms with Crippen molar-refractivity contribution in [3.63, 3.8) is 0 Å². The van der Waals surface area contributed by atoms with Crippen LogP contribution in [0.3, 0.4) is 0 Å². The minimum Gasteiger partial charge on any atom is -0.347 e. The highest BCUT2D eigenvalue weighted by Gasteiger charge is 2.31. The molecule has 0 saturated carbocycles. The lowest BCUT2D eigenvalue weighted by Crippen LogP contribution is -2.45. The first-order valence-electron chi connectivity index (χ1n) is 8.08. The number of aromatic amines is 1. The Bertz CT molecular complexity index is 763. The summed E-state index contributed by atoms with van der Waals surface area (Å²) in [6.45, 7) is -0.730. The molecule has 144 valence electrons. The average Bonchev–Trinajstić information content (AvgIpc) is 2.58. The summed E-state index contributed by atoms with van der Waals surface area (Å²) in [6.07, 6.45) is -2.54. The predicted molar refractivity (Wildman–Crippen MR) is 84.3 cm³/mol. The number of aromatic nitrogens is 2. The molecule has 26 heavy (non-hydrogen) atoms. The van der Waals surface area contributed by atoms with E-state index in [1.165, 1.54) is 21.7 Å². The van der Waals surface area contributed by atoms with Crippen molar-refractivity contribution >= 4 is 11.8 Å². The Labute approximate surface area is 146 Å². The first-order valence-corrected chi connectivity index (χ1v) is 8.08. The van der Waals surface area contributed by atoms with Crippen molar-refractivity contribution in [3.8, 4) is 0 Å². The van der Waals surface area contributed by atoms with Gasteiger partial charge in [-0.3, -0.25) is 19.4 Å². The van der Waals surface area contributed by atoms with E-state index in [2.05, 4.69) is 4.98 Å². The van der Waals surface area contributed by atoms with E-state index < -0.39 is 35.8 Å². The average molecular weight is 376 g/mol. The van der Waals surface area contributed by atoms with E-state index in [0.717, 1.165) is 0 Å². The number of rotatable bonds is 5. The molecule has 1 aliphatic heterocycles. The molecule has 2 heterocycles. The predicted octanol–water partition coefficient (Wildman–Crippen LogP) is -0.156. The minimum absolute atomic E-state index is 0.0386. The van der Waals surface area contributed by atoms with Crippen molar-refractivity contribution in [2.75, 3.05) is 19.6 Å². The Morgan fingerprint density at radius 2 is 1.88 bits per heavy atom. The fraction of sp³-hybridized carbons (Fsp3) is 0.600. The van der Waals surface area contributed by atoms with Crippen LogP contribution in [0.1, 0.15) is 19.3 Å². The number of aryl methyl sites for hydroxylation is 1. The molecule has 1 aromatic rings. The summed E-state index contributed by atoms with van der Waals surface area (Å²) in [5.41, 5.74) is -1.13. The molecule has 1 saturated heterocycles. The molecule has 0 spiro atoms. The lowest BCUT2D eigenvalue weighted by atomic mass is 9.95. The topological polar surface area (TPSA) is 104 Å². The van der Waals surface area contributed by atoms with Crippen LogP contribution >= 0.6 is 0 Å². The number of alkyl halides is 3. The summed E-state index contributed by atoms with van der Waals surface area (Å²) in [4.78, 5) is 50.0. The van der Waals surface area contributed by atoms with Crippen molar-refractivity contribution < 1.29 is 22.8 Å². The lowest BCUT2D eigenvalue weighted by molar-refractivity contribution is -0.143. The van der Waals surface area contributed by atoms with Gasteiger partial charge >= 0.3 is 11.9 Å². The largest absolute Gasteiger partial charge is 0.405 e. The third-order valence-electron chi connectivity index (χ3n) is 4.14. The first-order chi connectivity index (χ1) is 12.2. The van der Waals surface area contributed by atoms with Gasteiger partial charge < -0.3 is 14.8 Å². The third-order valence-corrected chi connectivity index (χ3v) is 4.14. The van der Waals surface area contributed by atoms with Crippen molar-refractivity contribution in [1.82, 2.24) is 19.8 Å². The number of hydrogen-bond acceptors (Lipinski definition) is 4. The quantitative estimate of drug-likeness (QED) is 0.745. The zero-order chi connectivity index (χ0) is 19.3. The van der Waals surface area contributed by atoms with E-state index in [1.807, 2.05) is 5.32 Å². The first kappa shape index (κ1) is 19.7. The summed E-state index contributed by atoms with van der Waals surface area (Å²) in [7, 11) is 0. The Balaban J connectivity index is 1.78. The van der Waals surface area contributed by atoms with Gasteiger partial charge in [0.1, 0.15) is 6.54 Å². The molecule has 11 heteroatoms. The summed E-state index contributed by atoms with van der Waals surface area (Å²) >= 11 is 0. The van der Waals surface area contributed by atoms with Crippen LogP contribution in [0, 0.1) is 5.92 Å². The highest BCUT2D eigenvalue weighted by molar-refractivity contribution is 5.80. The fourth-order valence-electron chi connectivity index (χ4n) is 2.72. The van der Waals surface area contributed by atoms with Gasteiger partial charge in [-0.1, -0.05) is 0 Å². The van der Waals surface area contributed by atoms with Crippen LogP contribution in [0.25, 0.3) is 0 Å². The Morgan fingerprint density at radius 3 is 2.46 bits per heavy atom. The van der Waals surface area contributed by atoms with Crippen LogP contribution in [0.2, 0.25) is 0 Å². The molecule has 0 aromatic carbocycles. The van der Waals surface area contributed by atoms with Gasteiger partial charge in [-0.25, -0.2) is 4.79 Å². The van der Waals surface area contributed by atoms with Crippen molar-refractivity contribution in [2.24, 2.45) is 5.92 Å². The molecule has 8 nitrogen and oxygen atoms in total. The standard InChI is InChI=1S/C15H19F3N4O4/c16-15(17,18)9-19-13(25)10-1-5-21(6-2-10)12(24)4-8-22-7-3-11(23)20-14(22)26/h3,7,10H,1-2,4-6,8-9H2,(H,19,25)(H,20,23,26). The van der Waals surface area contributed by atoms with E-state index in [0.29, 0.717) is 0 Å². The molecule has 1 fully saturated rings. The lowest BCUT2D eigenvalue weighted by Gasteiger charge is -2.31. The summed E-state index contributed by atoms with van der Waals surface area (Å²) < 4.78 is 37.5. The Kier molecular flexibility index (Phi) is 6.22. The molecular formula is C15H19F3N4O4. The van der Waals surface area contributed by atoms with E-state index in [1.54, 1.807) is 0 Å². The molecule has 2 amide bonds. The van der Waals surface area contributed by atoms with E-state index in [9.17, 15) is 32.3 Å². The molecule has 0 unspecified atom stereocenters. The summed E-state index contributed by atoms with van der Waals surface area (Å²) in [6, 6.07) is 1.18. The Hall–Kier alpha value is -2.59. The van der Waals surface area contributed by atoms with Crippen LogP contribution in [0.4, 0.5) is 13.2 Å². The number of carbonyl (C=O) groups excluding carboxylic acids is 2. The molecule has 1 aromatic heterocycles. The number of amides is 2. The molecule has 0 bridgehead atoms. The molecular weight excluding hydrogens is 357 g/mol. The number of hydrogen-bond donors (Lipinski definition) is 2. The fourth-order valence-corrected chi connectivity index (χ4v) is 2.72. The number of carbonyl (C=O) groups is 2. The maximum Gasteiger partial charge on any atom is 0.405 e. The molecule has 1 aliphatic rings. The van der Waals surface area contributed by atoms with Gasteiger partial charge in [-0.05, 0) is 12.8 Å². The smallest absolute Gasteiger partial charge is 0.347 e. The number of halogens is 3. The van der Waals surface area contributed by atoms with Crippen LogP contribution in [-0.2, 0) is 16.1 Å². The maximum atomic E-state index is 12.2. The minimum atomic E-state index is -4.45. The molecule has 0 radical (unpaired) electrons. The molecule has 0 aliphatic carbocycles. The van der Waals surface area contributed by atoms with E-state index >= 15 is 0 Å². The van der Waals surface area contributed by atoms with Gasteiger partial charge in [0.2, 0.25) is 11.8 Å². The van der Waals surface area contributed by atoms with Gasteiger partial charge in [0, 0.05) is 44.2 Å². The summed E-state index contributed by atoms with van der Waals surface area (Å²) in [5, 5.41) is 1.86. The van der Waals surface area contributed by atoms with Gasteiger partial charge in [0.25, 0.3) is 5.56 Å². The number of likely N-dealkylation sites (tertiary alicyclic amines) is 1. The monoisotopic (exact) mass is 376 g/mol. The zero-order valence-corrected chi connectivity index (χ0v) is 13.8. The van der Waals surface area contributed by atoms with Crippen molar-refractivity contribution in [2.45, 2.75) is 32.0 Å². The van der Waals surface area contributed by atoms with Gasteiger partial charge in [-0.15, -0.1) is 0 Å². The van der Waals surface area contributed by atoms with Crippen LogP contribution < -0.4 is 16.6 Å². The second-order valence-electron chi connectivity index (χ2n) is 6.04. The van der Waals surface area contributed by atoms with Crippen LogP contribution in [-0.4, -0.2) is 52.1 Å². The maximum absolute atomic E-state index is 12.2. The SMILES string of the molecule is O=C(NCC(F)(F)F)C1CCN(C(=O)CCn2ccc(=O)[nH]c2=O)CC1. The van der Waals surface area contributed by atoms with Gasteiger partial charge in [0.15, 0.2) is 0 Å².